The van der Waals surface area contributed by atoms with Crippen molar-refractivity contribution in [2.24, 2.45) is 62.6 Å². The topological polar surface area (TPSA) is 120 Å². The van der Waals surface area contributed by atoms with Crippen LogP contribution in [0.5, 0.6) is 0 Å². The Morgan fingerprint density at radius 3 is 2.39 bits per heavy atom. The van der Waals surface area contributed by atoms with Gasteiger partial charge in [-0.2, -0.15) is 4.80 Å². The van der Waals surface area contributed by atoms with Crippen LogP contribution in [0, 0.1) is 62.6 Å². The summed E-state index contributed by atoms with van der Waals surface area (Å²) in [5.74, 6) is -0.483. The first kappa shape index (κ1) is 36.6. The number of carbonyl (C=O) groups excluding carboxylic acids is 1. The Kier molecular flexibility index (Phi) is 8.92. The zero-order valence-electron chi connectivity index (χ0n) is 32.2. The third-order valence-electron chi connectivity index (χ3n) is 16.4. The average Bonchev–Trinajstić information content (AvgIpc) is 3.56. The van der Waals surface area contributed by atoms with E-state index in [0.29, 0.717) is 38.1 Å². The number of likely N-dealkylation sites (N-methyl/N-ethyl adjacent to an activating group) is 1. The van der Waals surface area contributed by atoms with Gasteiger partial charge in [-0.05, 0) is 105 Å². The number of aromatic nitrogens is 4. The highest BCUT2D eigenvalue weighted by Gasteiger charge is 2.74. The van der Waals surface area contributed by atoms with E-state index < -0.39 is 33.5 Å². The number of rotatable bonds is 9. The summed E-state index contributed by atoms with van der Waals surface area (Å²) in [6, 6.07) is -0.199. The predicted octanol–water partition coefficient (Wildman–Crippen LogP) is 6.34. The molecule has 0 aromatic carbocycles. The summed E-state index contributed by atoms with van der Waals surface area (Å²) in [5, 5.41) is 24.2. The SMILES string of the molecule is CC(C)[C@@H](C)[C@@]1(C)CC[C@]2(C)[C@H]3CC[C@H]4C5(C)COC[C@@]4(C[C@@H](n4ncnn4)[C@@H]5OCC(C)(C(C)C)N(C)C)C3=CC(=O)[C@@]2(C)[C@@H]1C(=O)O. The summed E-state index contributed by atoms with van der Waals surface area (Å²) in [6.45, 7) is 23.6. The van der Waals surface area contributed by atoms with E-state index in [1.54, 1.807) is 4.80 Å². The highest BCUT2D eigenvalue weighted by Crippen LogP contribution is 2.74. The standard InChI is InChI=1S/C39H63N5O5/c1-23(2)25(5)34(6)15-16-36(8)26-13-14-29-35(7)19-48-21-39(29,27(26)17-30(45)38(36,10)31(34)33(46)47)18-28(44-41-22-40-42-44)32(35)49-20-37(9,24(3)4)43(11)12/h17,22-26,28-29,31-32H,13-16,18-21H2,1-12H3,(H,46,47)/t25-,26+,28-,29+,31-,32+,34-,35?,36-,37?,38+,39+/m1/s1. The zero-order valence-corrected chi connectivity index (χ0v) is 32.2. The quantitative estimate of drug-likeness (QED) is 0.318. The van der Waals surface area contributed by atoms with Crippen LogP contribution in [0.25, 0.3) is 0 Å². The van der Waals surface area contributed by atoms with Gasteiger partial charge in [-0.1, -0.05) is 67.9 Å². The molecule has 5 aliphatic rings. The van der Waals surface area contributed by atoms with Crippen LogP contribution in [0.15, 0.2) is 18.0 Å². The molecule has 0 radical (unpaired) electrons. The van der Waals surface area contributed by atoms with Gasteiger partial charge in [0.15, 0.2) is 12.1 Å². The van der Waals surface area contributed by atoms with Crippen molar-refractivity contribution >= 4 is 11.8 Å². The van der Waals surface area contributed by atoms with Crippen LogP contribution < -0.4 is 0 Å². The van der Waals surface area contributed by atoms with E-state index in [4.69, 9.17) is 9.47 Å². The molecule has 12 atom stereocenters. The summed E-state index contributed by atoms with van der Waals surface area (Å²) in [4.78, 5) is 32.4. The van der Waals surface area contributed by atoms with Crippen LogP contribution in [-0.2, 0) is 19.1 Å². The van der Waals surface area contributed by atoms with Gasteiger partial charge < -0.3 is 19.5 Å². The molecule has 1 saturated heterocycles. The van der Waals surface area contributed by atoms with Crippen molar-refractivity contribution in [2.45, 2.75) is 119 Å². The molecule has 6 rings (SSSR count). The number of allylic oxidation sites excluding steroid dienone is 1. The van der Waals surface area contributed by atoms with Gasteiger partial charge >= 0.3 is 5.97 Å². The first-order valence-electron chi connectivity index (χ1n) is 18.8. The fourth-order valence-electron chi connectivity index (χ4n) is 12.3. The second-order valence-corrected chi connectivity index (χ2v) is 18.9. The van der Waals surface area contributed by atoms with Crippen molar-refractivity contribution in [2.75, 3.05) is 33.9 Å². The summed E-state index contributed by atoms with van der Waals surface area (Å²) < 4.78 is 13.8. The number of carboxylic acids is 1. The molecule has 49 heavy (non-hydrogen) atoms. The maximum Gasteiger partial charge on any atom is 0.308 e. The molecule has 1 N–H and O–H groups in total. The van der Waals surface area contributed by atoms with Crippen molar-refractivity contribution in [3.63, 3.8) is 0 Å². The third kappa shape index (κ3) is 4.84. The van der Waals surface area contributed by atoms with Crippen molar-refractivity contribution < 1.29 is 24.2 Å². The molecule has 3 saturated carbocycles. The molecule has 4 aliphatic carbocycles. The fraction of sp³-hybridized carbons (Fsp3) is 0.872. The largest absolute Gasteiger partial charge is 0.481 e. The monoisotopic (exact) mass is 681 g/mol. The van der Waals surface area contributed by atoms with Crippen LogP contribution in [0.2, 0.25) is 0 Å². The number of nitrogens with zero attached hydrogens (tertiary/aromatic N) is 5. The fourth-order valence-corrected chi connectivity index (χ4v) is 12.3. The van der Waals surface area contributed by atoms with Gasteiger partial charge in [-0.15, -0.1) is 10.2 Å². The van der Waals surface area contributed by atoms with Crippen LogP contribution in [0.1, 0.15) is 107 Å². The molecule has 1 aliphatic heterocycles. The van der Waals surface area contributed by atoms with Gasteiger partial charge in [0.05, 0.1) is 31.8 Å². The summed E-state index contributed by atoms with van der Waals surface area (Å²) in [7, 11) is 4.23. The number of hydrogen-bond acceptors (Lipinski definition) is 8. The van der Waals surface area contributed by atoms with Crippen molar-refractivity contribution in [1.82, 2.24) is 25.1 Å². The molecule has 2 heterocycles. The Labute approximate surface area is 294 Å². The number of carbonyl (C=O) groups is 2. The Balaban J connectivity index is 1.46. The lowest BCUT2D eigenvalue weighted by Gasteiger charge is -2.70. The number of fused-ring (bicyclic) bond motifs is 3. The summed E-state index contributed by atoms with van der Waals surface area (Å²) in [6.07, 6.45) is 7.40. The summed E-state index contributed by atoms with van der Waals surface area (Å²) in [5.41, 5.74) is -1.80. The lowest BCUT2D eigenvalue weighted by Crippen LogP contribution is -2.70. The summed E-state index contributed by atoms with van der Waals surface area (Å²) >= 11 is 0. The van der Waals surface area contributed by atoms with Crippen molar-refractivity contribution in [3.8, 4) is 0 Å². The minimum absolute atomic E-state index is 0.0229. The smallest absolute Gasteiger partial charge is 0.308 e. The molecular weight excluding hydrogens is 618 g/mol. The maximum atomic E-state index is 15.0. The Hall–Kier alpha value is -2.17. The van der Waals surface area contributed by atoms with Crippen LogP contribution in [0.4, 0.5) is 0 Å². The molecule has 1 aromatic heterocycles. The number of carboxylic acid groups (broad SMARTS) is 1. The zero-order chi connectivity index (χ0) is 36.1. The number of aliphatic carboxylic acids is 1. The van der Waals surface area contributed by atoms with Crippen LogP contribution in [0.3, 0.4) is 0 Å². The first-order valence-corrected chi connectivity index (χ1v) is 18.8. The second-order valence-electron chi connectivity index (χ2n) is 18.9. The van der Waals surface area contributed by atoms with Gasteiger partial charge in [0.2, 0.25) is 0 Å². The van der Waals surface area contributed by atoms with E-state index in [1.807, 2.05) is 13.0 Å². The average molecular weight is 682 g/mol. The number of ether oxygens (including phenoxy) is 2. The third-order valence-corrected chi connectivity index (χ3v) is 16.4. The lowest BCUT2D eigenvalue weighted by molar-refractivity contribution is -0.254. The second kappa shape index (κ2) is 11.9. The van der Waals surface area contributed by atoms with Crippen molar-refractivity contribution in [3.05, 3.63) is 18.0 Å². The van der Waals surface area contributed by atoms with Crippen LogP contribution >= 0.6 is 0 Å². The Bertz CT molecular complexity index is 1470. The Morgan fingerprint density at radius 1 is 1.12 bits per heavy atom. The molecule has 10 heteroatoms. The highest BCUT2D eigenvalue weighted by molar-refractivity contribution is 6.00. The molecule has 2 bridgehead atoms. The van der Waals surface area contributed by atoms with Gasteiger partial charge in [0.25, 0.3) is 0 Å². The van der Waals surface area contributed by atoms with E-state index in [2.05, 4.69) is 96.7 Å². The Morgan fingerprint density at radius 2 is 1.82 bits per heavy atom. The van der Waals surface area contributed by atoms with Crippen LogP contribution in [-0.4, -0.2) is 87.5 Å². The molecule has 10 nitrogen and oxygen atoms in total. The lowest BCUT2D eigenvalue weighted by atomic mass is 9.34. The minimum Gasteiger partial charge on any atom is -0.481 e. The molecule has 4 fully saturated rings. The number of tetrazole rings is 1. The molecule has 1 aromatic rings. The molecule has 0 amide bonds. The number of ketones is 1. The van der Waals surface area contributed by atoms with E-state index in [1.165, 1.54) is 11.9 Å². The highest BCUT2D eigenvalue weighted by atomic mass is 16.5. The van der Waals surface area contributed by atoms with Gasteiger partial charge in [-0.3, -0.25) is 9.59 Å². The van der Waals surface area contributed by atoms with Crippen molar-refractivity contribution in [1.29, 1.82) is 0 Å². The van der Waals surface area contributed by atoms with E-state index in [0.717, 1.165) is 25.7 Å². The van der Waals surface area contributed by atoms with Gasteiger partial charge in [0, 0.05) is 21.8 Å². The maximum absolute atomic E-state index is 15.0. The van der Waals surface area contributed by atoms with Gasteiger partial charge in [-0.25, -0.2) is 0 Å². The first-order chi connectivity index (χ1) is 22.8. The predicted molar refractivity (Wildman–Crippen MR) is 187 cm³/mol. The molecule has 0 spiro atoms. The van der Waals surface area contributed by atoms with Gasteiger partial charge in [0.1, 0.15) is 6.04 Å². The van der Waals surface area contributed by atoms with E-state index in [9.17, 15) is 14.7 Å². The number of hydrogen-bond donors (Lipinski definition) is 1. The van der Waals surface area contributed by atoms with E-state index >= 15 is 0 Å². The minimum atomic E-state index is -1.02. The molecule has 274 valence electrons. The van der Waals surface area contributed by atoms with E-state index in [-0.39, 0.29) is 46.6 Å². The molecule has 2 unspecified atom stereocenters. The molecular formula is C39H63N5O5. The normalized spacial score (nSPS) is 43.8.